The molecule has 0 aromatic carbocycles. The number of carbonyl (C=O) groups excluding carboxylic acids is 2. The van der Waals surface area contributed by atoms with E-state index in [4.69, 9.17) is 29.3 Å². The van der Waals surface area contributed by atoms with Gasteiger partial charge in [0, 0.05) is 50.6 Å². The van der Waals surface area contributed by atoms with E-state index in [1.165, 1.54) is 0 Å². The fourth-order valence-corrected chi connectivity index (χ4v) is 3.71. The van der Waals surface area contributed by atoms with Gasteiger partial charge in [0.1, 0.15) is 0 Å². The summed E-state index contributed by atoms with van der Waals surface area (Å²) in [6.07, 6.45) is 8.91. The van der Waals surface area contributed by atoms with Gasteiger partial charge in [0.15, 0.2) is 0 Å². The number of hydrogen-bond donors (Lipinski definition) is 2. The number of rotatable bonds is 8. The normalized spacial score (nSPS) is 33.1. The van der Waals surface area contributed by atoms with Gasteiger partial charge in [-0.2, -0.15) is 29.3 Å². The smallest absolute Gasteiger partial charge is 0.234 e. The van der Waals surface area contributed by atoms with Crippen molar-refractivity contribution < 1.29 is 38.9 Å². The summed E-state index contributed by atoms with van der Waals surface area (Å²) in [4.78, 5) is 58.5. The van der Waals surface area contributed by atoms with Gasteiger partial charge in [-0.25, -0.2) is 0 Å². The first-order valence-corrected chi connectivity index (χ1v) is 12.0. The fraction of sp³-hybridized carbons (Fsp3) is 0.909. The Hall–Kier alpha value is -1.30. The van der Waals surface area contributed by atoms with Crippen molar-refractivity contribution in [2.24, 2.45) is 0 Å². The summed E-state index contributed by atoms with van der Waals surface area (Å²) in [5, 5.41) is 5.90. The molecule has 0 bridgehead atoms. The third kappa shape index (κ3) is 7.10. The van der Waals surface area contributed by atoms with Gasteiger partial charge in [-0.05, 0) is 52.4 Å². The highest BCUT2D eigenvalue weighted by molar-refractivity contribution is 5.77. The number of nitrogens with one attached hydrogen (secondary N) is 2. The molecule has 3 saturated carbocycles. The van der Waals surface area contributed by atoms with Gasteiger partial charge in [0.05, 0.1) is 0 Å². The van der Waals surface area contributed by atoms with Crippen molar-refractivity contribution in [2.75, 3.05) is 0 Å². The van der Waals surface area contributed by atoms with E-state index in [9.17, 15) is 9.59 Å². The number of amides is 2. The average molecular weight is 457 g/mol. The molecule has 2 N–H and O–H groups in total. The Balaban J connectivity index is 1.40. The monoisotopic (exact) mass is 456 g/mol. The molecule has 1 heterocycles. The highest BCUT2D eigenvalue weighted by Crippen LogP contribution is 2.39. The molecule has 10 heteroatoms. The van der Waals surface area contributed by atoms with E-state index < -0.39 is 17.4 Å². The van der Waals surface area contributed by atoms with Crippen LogP contribution in [0.5, 0.6) is 0 Å². The minimum absolute atomic E-state index is 0.0693. The van der Waals surface area contributed by atoms with Crippen LogP contribution in [0.2, 0.25) is 0 Å². The second kappa shape index (κ2) is 9.90. The van der Waals surface area contributed by atoms with E-state index >= 15 is 0 Å². The molecule has 3 aliphatic carbocycles. The Morgan fingerprint density at radius 3 is 1.50 bits per heavy atom. The molecule has 2 unspecified atom stereocenters. The summed E-state index contributed by atoms with van der Waals surface area (Å²) in [5.41, 5.74) is 0. The fourth-order valence-electron chi connectivity index (χ4n) is 3.71. The van der Waals surface area contributed by atoms with Crippen molar-refractivity contribution in [2.45, 2.75) is 127 Å². The molecule has 4 rings (SSSR count). The minimum atomic E-state index is -1.36. The quantitative estimate of drug-likeness (QED) is 0.536. The maximum atomic E-state index is 12.2. The van der Waals surface area contributed by atoms with E-state index in [0.717, 1.165) is 44.9 Å². The first-order chi connectivity index (χ1) is 15.3. The van der Waals surface area contributed by atoms with Crippen LogP contribution < -0.4 is 10.6 Å². The molecular formula is C22H36N2O8. The van der Waals surface area contributed by atoms with Crippen LogP contribution in [0.3, 0.4) is 0 Å². The van der Waals surface area contributed by atoms with Crippen LogP contribution in [0.1, 0.15) is 97.3 Å². The van der Waals surface area contributed by atoms with Crippen molar-refractivity contribution in [1.29, 1.82) is 0 Å². The Labute approximate surface area is 188 Å². The molecule has 1 saturated heterocycles. The van der Waals surface area contributed by atoms with Gasteiger partial charge in [-0.1, -0.05) is 6.42 Å². The lowest BCUT2D eigenvalue weighted by Crippen LogP contribution is -2.42. The summed E-state index contributed by atoms with van der Waals surface area (Å²) in [5.74, 6) is -3.95. The lowest BCUT2D eigenvalue weighted by Gasteiger charge is -2.35. The predicted octanol–water partition coefficient (Wildman–Crippen LogP) is 3.06. The highest BCUT2D eigenvalue weighted by atomic mass is 17.4. The summed E-state index contributed by atoms with van der Waals surface area (Å²) in [7, 11) is 0. The van der Waals surface area contributed by atoms with E-state index in [2.05, 4.69) is 10.6 Å². The number of hydrogen-bond acceptors (Lipinski definition) is 8. The Bertz CT molecular complexity index is 627. The largest absolute Gasteiger partial charge is 0.353 e. The first-order valence-electron chi connectivity index (χ1n) is 12.0. The van der Waals surface area contributed by atoms with Crippen LogP contribution in [0.15, 0.2) is 0 Å². The van der Waals surface area contributed by atoms with Crippen LogP contribution in [0, 0.1) is 0 Å². The van der Waals surface area contributed by atoms with Gasteiger partial charge < -0.3 is 10.6 Å². The zero-order valence-corrected chi connectivity index (χ0v) is 19.1. The zero-order valence-electron chi connectivity index (χ0n) is 19.1. The first kappa shape index (κ1) is 23.8. The van der Waals surface area contributed by atoms with Crippen LogP contribution >= 0.6 is 0 Å². The van der Waals surface area contributed by atoms with Gasteiger partial charge in [0.25, 0.3) is 0 Å². The third-order valence-electron chi connectivity index (χ3n) is 6.25. The topological polar surface area (TPSA) is 114 Å². The molecular weight excluding hydrogens is 420 g/mol. The molecule has 10 nitrogen and oxygen atoms in total. The summed E-state index contributed by atoms with van der Waals surface area (Å²) in [6, 6.07) is 0.560. The number of carbonyl (C=O) groups is 2. The van der Waals surface area contributed by atoms with E-state index in [1.54, 1.807) is 13.8 Å². The second-order valence-corrected chi connectivity index (χ2v) is 9.92. The molecule has 0 aromatic rings. The lowest BCUT2D eigenvalue weighted by molar-refractivity contribution is -0.551. The predicted molar refractivity (Wildman–Crippen MR) is 110 cm³/mol. The minimum Gasteiger partial charge on any atom is -0.353 e. The third-order valence-corrected chi connectivity index (χ3v) is 6.25. The SMILES string of the molecule is CC1(CCC(=O)NC2CC2)OOC(C)(CCC(=O)NC2CC2)OOC2(CCCCC2)OO1. The molecule has 2 amide bonds. The summed E-state index contributed by atoms with van der Waals surface area (Å²) in [6.45, 7) is 3.30. The van der Waals surface area contributed by atoms with Crippen LogP contribution in [0.4, 0.5) is 0 Å². The zero-order chi connectivity index (χ0) is 22.7. The van der Waals surface area contributed by atoms with Gasteiger partial charge >= 0.3 is 0 Å². The molecule has 1 spiro atoms. The molecule has 182 valence electrons. The van der Waals surface area contributed by atoms with Crippen LogP contribution in [-0.2, 0) is 38.9 Å². The average Bonchev–Trinajstić information content (AvgIpc) is 3.71. The van der Waals surface area contributed by atoms with E-state index in [0.29, 0.717) is 12.8 Å². The maximum absolute atomic E-state index is 12.2. The van der Waals surface area contributed by atoms with Gasteiger partial charge in [-0.3, -0.25) is 9.59 Å². The van der Waals surface area contributed by atoms with Gasteiger partial charge in [0.2, 0.25) is 29.2 Å². The molecule has 2 atom stereocenters. The standard InChI is InChI=1S/C22H36N2O8/c1-20(14-10-18(25)23-16-6-7-16)27-28-21(2,15-11-19(26)24-17-8-9-17)30-32-22(31-29-20)12-4-3-5-13-22/h16-17H,3-15H2,1-2H3,(H,23,25)(H,24,26). The van der Waals surface area contributed by atoms with Crippen molar-refractivity contribution in [1.82, 2.24) is 10.6 Å². The molecule has 1 aliphatic heterocycles. The molecule has 0 aromatic heterocycles. The molecule has 4 fully saturated rings. The molecule has 32 heavy (non-hydrogen) atoms. The van der Waals surface area contributed by atoms with Crippen molar-refractivity contribution in [3.63, 3.8) is 0 Å². The Morgan fingerprint density at radius 2 is 1.09 bits per heavy atom. The molecule has 0 radical (unpaired) electrons. The second-order valence-electron chi connectivity index (χ2n) is 9.92. The van der Waals surface area contributed by atoms with Crippen LogP contribution in [-0.4, -0.2) is 41.3 Å². The molecule has 4 aliphatic rings. The highest BCUT2D eigenvalue weighted by Gasteiger charge is 2.47. The van der Waals surface area contributed by atoms with Crippen molar-refractivity contribution >= 4 is 11.8 Å². The van der Waals surface area contributed by atoms with E-state index in [-0.39, 0.29) is 49.6 Å². The van der Waals surface area contributed by atoms with Crippen LogP contribution in [0.25, 0.3) is 0 Å². The lowest BCUT2D eigenvalue weighted by atomic mass is 9.94. The summed E-state index contributed by atoms with van der Waals surface area (Å²) >= 11 is 0. The van der Waals surface area contributed by atoms with E-state index in [1.807, 2.05) is 0 Å². The Kier molecular flexibility index (Phi) is 7.38. The maximum Gasteiger partial charge on any atom is 0.234 e. The summed E-state index contributed by atoms with van der Waals surface area (Å²) < 4.78 is 0. The van der Waals surface area contributed by atoms with Gasteiger partial charge in [-0.15, -0.1) is 0 Å². The Morgan fingerprint density at radius 1 is 0.688 bits per heavy atom. The van der Waals surface area contributed by atoms with Crippen molar-refractivity contribution in [3.05, 3.63) is 0 Å². The van der Waals surface area contributed by atoms with Crippen molar-refractivity contribution in [3.8, 4) is 0 Å².